The van der Waals surface area contributed by atoms with Gasteiger partial charge >= 0.3 is 5.97 Å². The second-order valence-electron chi connectivity index (χ2n) is 11.1. The summed E-state index contributed by atoms with van der Waals surface area (Å²) in [6.45, 7) is 5.47. The van der Waals surface area contributed by atoms with E-state index in [2.05, 4.69) is 0 Å². The SMILES string of the molecule is CCOC(=O)C1=C(C)C2[C@@H]3C(=O)N(Cc4ccccc4)C(=O)[C@@H]3C1(C)[C@H]1C(=O)N(Cc3ccccc3)C(=O)[C@@H]21. The Hall–Kier alpha value is -4.07. The van der Waals surface area contributed by atoms with Crippen molar-refractivity contribution >= 4 is 29.6 Å². The van der Waals surface area contributed by atoms with Gasteiger partial charge in [0.05, 0.1) is 43.4 Å². The van der Waals surface area contributed by atoms with E-state index in [0.717, 1.165) is 11.1 Å². The highest BCUT2D eigenvalue weighted by Gasteiger charge is 2.76. The van der Waals surface area contributed by atoms with E-state index >= 15 is 0 Å². The lowest BCUT2D eigenvalue weighted by Crippen LogP contribution is -2.61. The number of hydrogen-bond acceptors (Lipinski definition) is 6. The number of carbonyl (C=O) groups is 5. The van der Waals surface area contributed by atoms with Crippen LogP contribution in [0, 0.1) is 35.0 Å². The first-order valence-corrected chi connectivity index (χ1v) is 13.4. The van der Waals surface area contributed by atoms with E-state index in [4.69, 9.17) is 4.74 Å². The van der Waals surface area contributed by atoms with Crippen molar-refractivity contribution in [1.82, 2.24) is 9.80 Å². The fourth-order valence-electron chi connectivity index (χ4n) is 7.77. The average molecular weight is 527 g/mol. The molecule has 8 nitrogen and oxygen atoms in total. The second-order valence-corrected chi connectivity index (χ2v) is 11.1. The molecular formula is C31H30N2O6. The van der Waals surface area contributed by atoms with Crippen molar-refractivity contribution in [3.05, 3.63) is 82.9 Å². The molecule has 1 saturated carbocycles. The zero-order valence-corrected chi connectivity index (χ0v) is 22.1. The summed E-state index contributed by atoms with van der Waals surface area (Å²) in [7, 11) is 0. The summed E-state index contributed by atoms with van der Waals surface area (Å²) < 4.78 is 5.42. The molecule has 2 aromatic rings. The maximum Gasteiger partial charge on any atom is 0.334 e. The minimum atomic E-state index is -1.36. The van der Waals surface area contributed by atoms with Crippen LogP contribution in [0.3, 0.4) is 0 Å². The summed E-state index contributed by atoms with van der Waals surface area (Å²) in [5, 5.41) is 0. The Labute approximate surface area is 226 Å². The molecule has 0 aromatic heterocycles. The fraction of sp³-hybridized carbons (Fsp3) is 0.387. The lowest BCUT2D eigenvalue weighted by atomic mass is 9.43. The van der Waals surface area contributed by atoms with Crippen LogP contribution in [-0.4, -0.2) is 46.0 Å². The molecule has 0 spiro atoms. The zero-order valence-electron chi connectivity index (χ0n) is 22.1. The molecule has 3 fully saturated rings. The second kappa shape index (κ2) is 9.00. The molecule has 8 heteroatoms. The fourth-order valence-corrected chi connectivity index (χ4v) is 7.77. The number of carbonyl (C=O) groups excluding carboxylic acids is 5. The van der Waals surface area contributed by atoms with Crippen LogP contribution in [0.1, 0.15) is 31.9 Å². The van der Waals surface area contributed by atoms with Gasteiger partial charge in [-0.3, -0.25) is 29.0 Å². The number of benzene rings is 2. The van der Waals surface area contributed by atoms with Crippen LogP contribution in [0.25, 0.3) is 0 Å². The Morgan fingerprint density at radius 1 is 0.744 bits per heavy atom. The van der Waals surface area contributed by atoms with Crippen LogP contribution < -0.4 is 0 Å². The highest BCUT2D eigenvalue weighted by Crippen LogP contribution is 2.68. The first kappa shape index (κ1) is 25.2. The number of amides is 4. The summed E-state index contributed by atoms with van der Waals surface area (Å²) in [4.78, 5) is 71.9. The van der Waals surface area contributed by atoms with Gasteiger partial charge < -0.3 is 4.74 Å². The molecule has 2 heterocycles. The normalized spacial score (nSPS) is 31.2. The standard InChI is InChI=1S/C31H30N2O6/c1-4-39-30(38)23-17(2)20-21-24(28(36)32(26(21)34)15-18-11-7-5-8-12-18)31(23,3)25-22(20)27(35)33(29(25)37)16-19-13-9-6-10-14-19/h5-14,20-22,24-25H,4,15-16H2,1-3H3/t20?,21-,22-,24+,25+,31?/m0/s1. The Morgan fingerprint density at radius 2 is 1.18 bits per heavy atom. The molecule has 4 atom stereocenters. The molecule has 2 saturated heterocycles. The Kier molecular flexibility index (Phi) is 5.82. The molecule has 4 amide bonds. The lowest BCUT2D eigenvalue weighted by Gasteiger charge is -2.55. The molecule has 7 rings (SSSR count). The van der Waals surface area contributed by atoms with Crippen molar-refractivity contribution < 1.29 is 28.7 Å². The van der Waals surface area contributed by atoms with Crippen LogP contribution in [0.15, 0.2) is 71.8 Å². The monoisotopic (exact) mass is 526 g/mol. The summed E-state index contributed by atoms with van der Waals surface area (Å²) >= 11 is 0. The third kappa shape index (κ3) is 3.40. The number of imide groups is 2. The third-order valence-corrected chi connectivity index (χ3v) is 9.23. The largest absolute Gasteiger partial charge is 0.463 e. The number of hydrogen-bond donors (Lipinski definition) is 0. The van der Waals surface area contributed by atoms with Gasteiger partial charge in [-0.25, -0.2) is 4.79 Å². The van der Waals surface area contributed by atoms with Crippen molar-refractivity contribution in [1.29, 1.82) is 0 Å². The molecule has 200 valence electrons. The van der Waals surface area contributed by atoms with E-state index in [0.29, 0.717) is 5.57 Å². The van der Waals surface area contributed by atoms with Crippen molar-refractivity contribution in [2.45, 2.75) is 33.9 Å². The quantitative estimate of drug-likeness (QED) is 0.424. The van der Waals surface area contributed by atoms with Crippen LogP contribution in [-0.2, 0) is 41.8 Å². The molecule has 3 aliphatic carbocycles. The summed E-state index contributed by atoms with van der Waals surface area (Å²) in [5.74, 6) is -6.36. The Bertz CT molecular complexity index is 1350. The van der Waals surface area contributed by atoms with E-state index in [1.807, 2.05) is 60.7 Å². The minimum absolute atomic E-state index is 0.0967. The van der Waals surface area contributed by atoms with Crippen molar-refractivity contribution in [3.63, 3.8) is 0 Å². The number of allylic oxidation sites excluding steroid dienone is 1. The predicted octanol–water partition coefficient (Wildman–Crippen LogP) is 3.12. The van der Waals surface area contributed by atoms with Gasteiger partial charge in [0.25, 0.3) is 0 Å². The van der Waals surface area contributed by atoms with Gasteiger partial charge in [0.1, 0.15) is 0 Å². The van der Waals surface area contributed by atoms with Gasteiger partial charge in [0.15, 0.2) is 0 Å². The smallest absolute Gasteiger partial charge is 0.334 e. The molecule has 2 bridgehead atoms. The lowest BCUT2D eigenvalue weighted by molar-refractivity contribution is -0.155. The van der Waals surface area contributed by atoms with E-state index in [1.54, 1.807) is 20.8 Å². The molecule has 5 aliphatic rings. The summed E-state index contributed by atoms with van der Waals surface area (Å²) in [5.41, 5.74) is 1.07. The van der Waals surface area contributed by atoms with Gasteiger partial charge in [-0.1, -0.05) is 73.2 Å². The maximum atomic E-state index is 14.1. The van der Waals surface area contributed by atoms with Gasteiger partial charge in [0.2, 0.25) is 23.6 Å². The topological polar surface area (TPSA) is 101 Å². The van der Waals surface area contributed by atoms with Crippen LogP contribution in [0.4, 0.5) is 0 Å². The third-order valence-electron chi connectivity index (χ3n) is 9.23. The molecule has 0 unspecified atom stereocenters. The van der Waals surface area contributed by atoms with E-state index in [1.165, 1.54) is 9.80 Å². The number of ether oxygens (including phenoxy) is 1. The van der Waals surface area contributed by atoms with Gasteiger partial charge in [-0.05, 0) is 25.0 Å². The number of rotatable bonds is 6. The minimum Gasteiger partial charge on any atom is -0.463 e. The first-order valence-electron chi connectivity index (χ1n) is 13.4. The summed E-state index contributed by atoms with van der Waals surface area (Å²) in [6.07, 6.45) is 0. The number of esters is 1. The van der Waals surface area contributed by atoms with Crippen LogP contribution in [0.5, 0.6) is 0 Å². The highest BCUT2D eigenvalue weighted by atomic mass is 16.5. The number of nitrogens with zero attached hydrogens (tertiary/aromatic N) is 2. The van der Waals surface area contributed by atoms with E-state index in [9.17, 15) is 24.0 Å². The highest BCUT2D eigenvalue weighted by molar-refractivity contribution is 6.13. The van der Waals surface area contributed by atoms with Crippen molar-refractivity contribution in [2.75, 3.05) is 6.61 Å². The summed E-state index contributed by atoms with van der Waals surface area (Å²) in [6, 6.07) is 18.4. The maximum absolute atomic E-state index is 14.1. The zero-order chi connectivity index (χ0) is 27.6. The van der Waals surface area contributed by atoms with Crippen molar-refractivity contribution in [3.8, 4) is 0 Å². The predicted molar refractivity (Wildman–Crippen MR) is 139 cm³/mol. The van der Waals surface area contributed by atoms with Gasteiger partial charge in [-0.2, -0.15) is 0 Å². The van der Waals surface area contributed by atoms with Gasteiger partial charge in [0, 0.05) is 16.9 Å². The molecule has 0 radical (unpaired) electrons. The van der Waals surface area contributed by atoms with Crippen LogP contribution >= 0.6 is 0 Å². The van der Waals surface area contributed by atoms with Crippen LogP contribution in [0.2, 0.25) is 0 Å². The molecule has 2 aromatic carbocycles. The molecule has 39 heavy (non-hydrogen) atoms. The molecular weight excluding hydrogens is 496 g/mol. The number of likely N-dealkylation sites (tertiary alicyclic amines) is 2. The average Bonchev–Trinajstić information content (AvgIpc) is 3.32. The molecule has 0 N–H and O–H groups in total. The van der Waals surface area contributed by atoms with Gasteiger partial charge in [-0.15, -0.1) is 0 Å². The van der Waals surface area contributed by atoms with Crippen molar-refractivity contribution in [2.24, 2.45) is 35.0 Å². The first-order chi connectivity index (χ1) is 18.7. The van der Waals surface area contributed by atoms with E-state index < -0.39 is 52.8 Å². The Balaban J connectivity index is 1.47. The Morgan fingerprint density at radius 3 is 1.59 bits per heavy atom. The molecule has 2 aliphatic heterocycles. The van der Waals surface area contributed by atoms with E-state index in [-0.39, 0.29) is 37.1 Å².